The Morgan fingerprint density at radius 1 is 1.08 bits per heavy atom. The Morgan fingerprint density at radius 2 is 1.85 bits per heavy atom. The lowest BCUT2D eigenvalue weighted by Gasteiger charge is -2.30. The summed E-state index contributed by atoms with van der Waals surface area (Å²) >= 11 is 0. The average molecular weight is 375 g/mol. The van der Waals surface area contributed by atoms with Gasteiger partial charge in [0.15, 0.2) is 0 Å². The normalized spacial score (nSPS) is 24.8. The molecule has 1 aromatic heterocycles. The van der Waals surface area contributed by atoms with Crippen molar-refractivity contribution in [1.29, 1.82) is 0 Å². The molecule has 1 saturated carbocycles. The summed E-state index contributed by atoms with van der Waals surface area (Å²) in [5.41, 5.74) is 0.958. The van der Waals surface area contributed by atoms with Crippen LogP contribution in [0.5, 0.6) is 5.75 Å². The number of benzene rings is 1. The monoisotopic (exact) mass is 375 g/mol. The molecule has 6 nitrogen and oxygen atoms in total. The second-order valence-corrected chi connectivity index (χ2v) is 8.88. The third kappa shape index (κ3) is 4.00. The summed E-state index contributed by atoms with van der Waals surface area (Å²) < 4.78 is 35.3. The number of nitrogens with one attached hydrogen (secondary N) is 1. The van der Waals surface area contributed by atoms with Crippen LogP contribution < -0.4 is 9.46 Å². The number of ether oxygens (including phenoxy) is 1. The molecule has 2 fully saturated rings. The maximum Gasteiger partial charge on any atom is 0.279 e. The lowest BCUT2D eigenvalue weighted by Crippen LogP contribution is -2.46. The molecule has 2 heterocycles. The third-order valence-electron chi connectivity index (χ3n) is 5.27. The van der Waals surface area contributed by atoms with E-state index < -0.39 is 10.2 Å². The van der Waals surface area contributed by atoms with Crippen LogP contribution in [0.3, 0.4) is 0 Å². The van der Waals surface area contributed by atoms with Crippen LogP contribution in [-0.2, 0) is 10.2 Å². The largest absolute Gasteiger partial charge is 0.490 e. The van der Waals surface area contributed by atoms with Crippen molar-refractivity contribution in [2.45, 2.75) is 50.7 Å². The lowest BCUT2D eigenvalue weighted by molar-refractivity contribution is 0.144. The van der Waals surface area contributed by atoms with Gasteiger partial charge in [-0.2, -0.15) is 17.4 Å². The van der Waals surface area contributed by atoms with Crippen molar-refractivity contribution in [3.05, 3.63) is 36.5 Å². The molecule has 4 rings (SSSR count). The molecule has 140 valence electrons. The number of pyridine rings is 1. The van der Waals surface area contributed by atoms with Crippen molar-refractivity contribution in [1.82, 2.24) is 14.0 Å². The topological polar surface area (TPSA) is 71.5 Å². The summed E-state index contributed by atoms with van der Waals surface area (Å²) in [6.07, 6.45) is 7.19. The van der Waals surface area contributed by atoms with Crippen molar-refractivity contribution in [2.75, 3.05) is 13.1 Å². The Morgan fingerprint density at radius 3 is 2.62 bits per heavy atom. The van der Waals surface area contributed by atoms with Gasteiger partial charge in [-0.05, 0) is 62.8 Å². The zero-order valence-electron chi connectivity index (χ0n) is 14.8. The van der Waals surface area contributed by atoms with Gasteiger partial charge in [-0.3, -0.25) is 4.98 Å². The highest BCUT2D eigenvalue weighted by atomic mass is 32.2. The fourth-order valence-corrected chi connectivity index (χ4v) is 5.38. The summed E-state index contributed by atoms with van der Waals surface area (Å²) in [6.45, 7) is 1.29. The maximum atomic E-state index is 12.4. The molecular weight excluding hydrogens is 350 g/mol. The van der Waals surface area contributed by atoms with E-state index in [0.717, 1.165) is 55.2 Å². The quantitative estimate of drug-likeness (QED) is 0.872. The Hall–Kier alpha value is -1.70. The summed E-state index contributed by atoms with van der Waals surface area (Å²) in [5, 5.41) is 1.07. The van der Waals surface area contributed by atoms with E-state index in [2.05, 4.69) is 9.71 Å². The number of aromatic nitrogens is 1. The molecule has 1 saturated heterocycles. The summed E-state index contributed by atoms with van der Waals surface area (Å²) in [6, 6.07) is 9.91. The highest BCUT2D eigenvalue weighted by Gasteiger charge is 2.30. The number of nitrogens with zero attached hydrogens (tertiary/aromatic N) is 2. The van der Waals surface area contributed by atoms with Crippen molar-refractivity contribution in [2.24, 2.45) is 0 Å². The van der Waals surface area contributed by atoms with E-state index in [4.69, 9.17) is 4.74 Å². The summed E-state index contributed by atoms with van der Waals surface area (Å²) in [5.74, 6) is 0.853. The van der Waals surface area contributed by atoms with Crippen LogP contribution in [0.15, 0.2) is 36.5 Å². The first-order valence-electron chi connectivity index (χ1n) is 9.39. The van der Waals surface area contributed by atoms with Gasteiger partial charge in [-0.15, -0.1) is 0 Å². The van der Waals surface area contributed by atoms with Crippen LogP contribution in [0, 0.1) is 0 Å². The van der Waals surface area contributed by atoms with Gasteiger partial charge in [-0.25, -0.2) is 0 Å². The molecule has 0 unspecified atom stereocenters. The molecule has 1 aliphatic carbocycles. The van der Waals surface area contributed by atoms with Crippen molar-refractivity contribution in [3.8, 4) is 5.75 Å². The van der Waals surface area contributed by atoms with Crippen molar-refractivity contribution < 1.29 is 13.2 Å². The van der Waals surface area contributed by atoms with Gasteiger partial charge < -0.3 is 4.74 Å². The predicted molar refractivity (Wildman–Crippen MR) is 101 cm³/mol. The first-order valence-corrected chi connectivity index (χ1v) is 10.8. The Balaban J connectivity index is 1.31. The van der Waals surface area contributed by atoms with Crippen molar-refractivity contribution >= 4 is 21.1 Å². The molecule has 0 amide bonds. The molecule has 1 aromatic carbocycles. The van der Waals surface area contributed by atoms with E-state index in [1.54, 1.807) is 10.5 Å². The van der Waals surface area contributed by atoms with E-state index in [0.29, 0.717) is 13.1 Å². The van der Waals surface area contributed by atoms with Gasteiger partial charge in [0.25, 0.3) is 10.2 Å². The molecule has 2 aromatic rings. The predicted octanol–water partition coefficient (Wildman–Crippen LogP) is 2.86. The molecule has 1 N–H and O–H groups in total. The highest BCUT2D eigenvalue weighted by molar-refractivity contribution is 7.87. The van der Waals surface area contributed by atoms with E-state index in [1.165, 1.54) is 0 Å². The fourth-order valence-electron chi connectivity index (χ4n) is 3.83. The second kappa shape index (κ2) is 7.50. The minimum absolute atomic E-state index is 0.0150. The SMILES string of the molecule is O=S(=O)(NC1CCC(Oc2ccc3ncccc3c2)CC1)N1CCCC1. The minimum Gasteiger partial charge on any atom is -0.490 e. The van der Waals surface area contributed by atoms with Crippen molar-refractivity contribution in [3.63, 3.8) is 0 Å². The van der Waals surface area contributed by atoms with Gasteiger partial charge >= 0.3 is 0 Å². The van der Waals surface area contributed by atoms with Crippen LogP contribution in [0.25, 0.3) is 10.9 Å². The van der Waals surface area contributed by atoms with E-state index in [-0.39, 0.29) is 12.1 Å². The van der Waals surface area contributed by atoms with E-state index in [9.17, 15) is 8.42 Å². The Labute approximate surface area is 154 Å². The third-order valence-corrected chi connectivity index (χ3v) is 6.95. The zero-order chi connectivity index (χ0) is 18.0. The molecule has 0 radical (unpaired) electrons. The van der Waals surface area contributed by atoms with Crippen LogP contribution in [-0.4, -0.2) is 42.9 Å². The number of fused-ring (bicyclic) bond motifs is 1. The lowest BCUT2D eigenvalue weighted by atomic mass is 9.93. The summed E-state index contributed by atoms with van der Waals surface area (Å²) in [4.78, 5) is 4.32. The van der Waals surface area contributed by atoms with E-state index >= 15 is 0 Å². The van der Waals surface area contributed by atoms with Gasteiger partial charge in [0.05, 0.1) is 11.6 Å². The molecule has 0 bridgehead atoms. The molecule has 0 atom stereocenters. The smallest absolute Gasteiger partial charge is 0.279 e. The Kier molecular flexibility index (Phi) is 5.11. The Bertz CT molecular complexity index is 857. The highest BCUT2D eigenvalue weighted by Crippen LogP contribution is 2.26. The molecular formula is C19H25N3O3S. The van der Waals surface area contributed by atoms with E-state index in [1.807, 2.05) is 30.3 Å². The molecule has 0 spiro atoms. The average Bonchev–Trinajstić information content (AvgIpc) is 3.19. The van der Waals surface area contributed by atoms with Crippen LogP contribution in [0.4, 0.5) is 0 Å². The van der Waals surface area contributed by atoms with Crippen LogP contribution in [0.1, 0.15) is 38.5 Å². The molecule has 2 aliphatic rings. The van der Waals surface area contributed by atoms with Gasteiger partial charge in [0, 0.05) is 30.7 Å². The zero-order valence-corrected chi connectivity index (χ0v) is 15.6. The fraction of sp³-hybridized carbons (Fsp3) is 0.526. The van der Waals surface area contributed by atoms with Gasteiger partial charge in [-0.1, -0.05) is 6.07 Å². The number of rotatable bonds is 5. The maximum absolute atomic E-state index is 12.4. The van der Waals surface area contributed by atoms with Crippen LogP contribution in [0.2, 0.25) is 0 Å². The molecule has 1 aliphatic heterocycles. The van der Waals surface area contributed by atoms with Gasteiger partial charge in [0.1, 0.15) is 5.75 Å². The first-order chi connectivity index (χ1) is 12.6. The molecule has 7 heteroatoms. The molecule has 26 heavy (non-hydrogen) atoms. The number of hydrogen-bond donors (Lipinski definition) is 1. The standard InChI is InChI=1S/C19H25N3O3S/c23-26(24,22-12-1-2-13-22)21-16-5-7-17(8-6-16)25-18-9-10-19-15(14-18)4-3-11-20-19/h3-4,9-11,14,16-17,21H,1-2,5-8,12-13H2. The number of hydrogen-bond acceptors (Lipinski definition) is 4. The summed E-state index contributed by atoms with van der Waals surface area (Å²) in [7, 11) is -3.32. The second-order valence-electron chi connectivity index (χ2n) is 7.18. The van der Waals surface area contributed by atoms with Crippen LogP contribution >= 0.6 is 0 Å². The van der Waals surface area contributed by atoms with Gasteiger partial charge in [0.2, 0.25) is 0 Å². The minimum atomic E-state index is -3.32. The first kappa shape index (κ1) is 17.7.